The van der Waals surface area contributed by atoms with E-state index in [4.69, 9.17) is 5.11 Å². The van der Waals surface area contributed by atoms with Crippen LogP contribution < -0.4 is 0 Å². The Hall–Kier alpha value is -1.04. The molecule has 0 aliphatic heterocycles. The first-order valence-electron chi connectivity index (χ1n) is 5.18. The maximum absolute atomic E-state index is 12.7. The summed E-state index contributed by atoms with van der Waals surface area (Å²) in [6.45, 7) is 2.17. The summed E-state index contributed by atoms with van der Waals surface area (Å²) >= 11 is -0.0169. The van der Waals surface area contributed by atoms with E-state index in [9.17, 15) is 8.68 Å². The van der Waals surface area contributed by atoms with E-state index in [1.54, 1.807) is 0 Å². The number of hydrogen-bond donors (Lipinski definition) is 1. The molecule has 2 unspecified atom stereocenters. The molecule has 1 fully saturated rings. The molecular formula is C10H11FN2O2S. The molecule has 3 rings (SSSR count). The quantitative estimate of drug-likeness (QED) is 0.862. The Kier molecular flexibility index (Phi) is 1.90. The molecule has 16 heavy (non-hydrogen) atoms. The van der Waals surface area contributed by atoms with E-state index in [0.29, 0.717) is 5.92 Å². The number of aromatic carboxylic acids is 1. The number of hydrogen-bond acceptors (Lipinski definition) is 3. The van der Waals surface area contributed by atoms with Crippen LogP contribution in [0.4, 0.5) is 3.89 Å². The van der Waals surface area contributed by atoms with Gasteiger partial charge < -0.3 is 5.11 Å². The number of carboxylic acid groups (broad SMARTS) is 1. The lowest BCUT2D eigenvalue weighted by molar-refractivity contribution is 0.0689. The molecule has 4 nitrogen and oxygen atoms in total. The molecule has 0 saturated heterocycles. The fourth-order valence-corrected chi connectivity index (χ4v) is 3.12. The van der Waals surface area contributed by atoms with Crippen molar-refractivity contribution < 1.29 is 13.8 Å². The van der Waals surface area contributed by atoms with Gasteiger partial charge in [-0.1, -0.05) is 6.92 Å². The Labute approximate surface area is 96.3 Å². The summed E-state index contributed by atoms with van der Waals surface area (Å²) in [5.41, 5.74) is 1.75. The first-order valence-corrected chi connectivity index (χ1v) is 5.85. The Morgan fingerprint density at radius 3 is 3.12 bits per heavy atom. The number of rotatable bonds is 2. The van der Waals surface area contributed by atoms with Crippen LogP contribution in [0, 0.1) is 11.3 Å². The third-order valence-electron chi connectivity index (χ3n) is 3.88. The van der Waals surface area contributed by atoms with Gasteiger partial charge in [0, 0.05) is 5.56 Å². The average Bonchev–Trinajstić information content (AvgIpc) is 2.75. The van der Waals surface area contributed by atoms with E-state index in [1.807, 2.05) is 0 Å². The van der Waals surface area contributed by atoms with Crippen molar-refractivity contribution in [2.24, 2.45) is 11.3 Å². The summed E-state index contributed by atoms with van der Waals surface area (Å²) in [7, 11) is 0. The average molecular weight is 242 g/mol. The maximum atomic E-state index is 12.7. The van der Waals surface area contributed by atoms with Crippen molar-refractivity contribution in [1.82, 2.24) is 9.19 Å². The van der Waals surface area contributed by atoms with Crippen molar-refractivity contribution in [2.45, 2.75) is 26.2 Å². The standard InChI is InChI=1S/C10H11FN2O2S/c1-10-3-5(10)2-6-7(4-10)13(16-11)12-8(6)9(14)15/h5H,2-4H2,1H3,(H,14,15). The van der Waals surface area contributed by atoms with Gasteiger partial charge in [0.25, 0.3) is 0 Å². The van der Waals surface area contributed by atoms with Crippen LogP contribution in [0.5, 0.6) is 0 Å². The second-order valence-electron chi connectivity index (χ2n) is 4.96. The Morgan fingerprint density at radius 2 is 2.50 bits per heavy atom. The SMILES string of the molecule is CC12Cc3c(c(C(=O)O)nn3SF)CC1C2. The second-order valence-corrected chi connectivity index (χ2v) is 5.44. The van der Waals surface area contributed by atoms with E-state index in [2.05, 4.69) is 12.0 Å². The van der Waals surface area contributed by atoms with Crippen LogP contribution in [0.3, 0.4) is 0 Å². The third kappa shape index (κ3) is 1.22. The first kappa shape index (κ1) is 10.1. The molecule has 0 bridgehead atoms. The summed E-state index contributed by atoms with van der Waals surface area (Å²) < 4.78 is 13.8. The van der Waals surface area contributed by atoms with E-state index in [-0.39, 0.29) is 23.4 Å². The van der Waals surface area contributed by atoms with Crippen LogP contribution in [0.1, 0.15) is 35.1 Å². The third-order valence-corrected chi connectivity index (χ3v) is 4.32. The fraction of sp³-hybridized carbons (Fsp3) is 0.600. The van der Waals surface area contributed by atoms with Crippen molar-refractivity contribution in [3.05, 3.63) is 17.0 Å². The summed E-state index contributed by atoms with van der Waals surface area (Å²) in [5.74, 6) is -0.506. The molecule has 1 aromatic heterocycles. The summed E-state index contributed by atoms with van der Waals surface area (Å²) in [6.07, 6.45) is 2.58. The van der Waals surface area contributed by atoms with E-state index >= 15 is 0 Å². The number of carbonyl (C=O) groups is 1. The van der Waals surface area contributed by atoms with E-state index in [0.717, 1.165) is 34.6 Å². The molecule has 2 atom stereocenters. The molecule has 1 saturated carbocycles. The predicted octanol–water partition coefficient (Wildman–Crippen LogP) is 2.09. The first-order chi connectivity index (χ1) is 7.55. The zero-order valence-corrected chi connectivity index (χ0v) is 9.55. The van der Waals surface area contributed by atoms with Crippen LogP contribution >= 0.6 is 12.3 Å². The van der Waals surface area contributed by atoms with Crippen molar-refractivity contribution in [3.63, 3.8) is 0 Å². The van der Waals surface area contributed by atoms with Crippen molar-refractivity contribution >= 4 is 18.3 Å². The lowest BCUT2D eigenvalue weighted by Gasteiger charge is -2.18. The molecule has 86 valence electrons. The Balaban J connectivity index is 2.11. The summed E-state index contributed by atoms with van der Waals surface area (Å²) in [6, 6.07) is 0. The monoisotopic (exact) mass is 242 g/mol. The summed E-state index contributed by atoms with van der Waals surface area (Å²) in [5, 5.41) is 12.8. The Morgan fingerprint density at radius 1 is 1.75 bits per heavy atom. The number of halogens is 1. The highest BCUT2D eigenvalue weighted by Gasteiger charge is 2.54. The van der Waals surface area contributed by atoms with Crippen molar-refractivity contribution in [3.8, 4) is 0 Å². The molecular weight excluding hydrogens is 231 g/mol. The number of fused-ring (bicyclic) bond motifs is 2. The van der Waals surface area contributed by atoms with Gasteiger partial charge in [-0.25, -0.2) is 4.79 Å². The molecule has 1 heterocycles. The van der Waals surface area contributed by atoms with Gasteiger partial charge >= 0.3 is 5.97 Å². The number of carboxylic acids is 1. The van der Waals surface area contributed by atoms with Crippen molar-refractivity contribution in [2.75, 3.05) is 0 Å². The van der Waals surface area contributed by atoms with Gasteiger partial charge in [-0.2, -0.15) is 9.19 Å². The van der Waals surface area contributed by atoms with Gasteiger partial charge in [0.1, 0.15) is 0 Å². The van der Waals surface area contributed by atoms with Crippen LogP contribution in [0.15, 0.2) is 0 Å². The normalized spacial score (nSPS) is 30.8. The highest BCUT2D eigenvalue weighted by Crippen LogP contribution is 2.59. The lowest BCUT2D eigenvalue weighted by atomic mass is 9.88. The molecule has 0 amide bonds. The van der Waals surface area contributed by atoms with Gasteiger partial charge in [-0.05, 0) is 30.6 Å². The van der Waals surface area contributed by atoms with Gasteiger partial charge in [0.15, 0.2) is 18.0 Å². The Bertz CT molecular complexity index is 487. The van der Waals surface area contributed by atoms with Crippen LogP contribution in [-0.2, 0) is 12.8 Å². The van der Waals surface area contributed by atoms with E-state index < -0.39 is 5.97 Å². The molecule has 0 radical (unpaired) electrons. The van der Waals surface area contributed by atoms with Gasteiger partial charge in [-0.3, -0.25) is 0 Å². The van der Waals surface area contributed by atoms with Gasteiger partial charge in [0.2, 0.25) is 0 Å². The smallest absolute Gasteiger partial charge is 0.356 e. The molecule has 2 aliphatic rings. The largest absolute Gasteiger partial charge is 0.476 e. The second kappa shape index (κ2) is 3.00. The molecule has 0 spiro atoms. The summed E-state index contributed by atoms with van der Waals surface area (Å²) in [4.78, 5) is 11.0. The highest BCUT2D eigenvalue weighted by molar-refractivity contribution is 7.92. The lowest BCUT2D eigenvalue weighted by Crippen LogP contribution is -2.15. The topological polar surface area (TPSA) is 55.1 Å². The fourth-order valence-electron chi connectivity index (χ4n) is 2.75. The maximum Gasteiger partial charge on any atom is 0.356 e. The minimum Gasteiger partial charge on any atom is -0.476 e. The minimum absolute atomic E-state index is 0.0169. The van der Waals surface area contributed by atoms with Gasteiger partial charge in [-0.15, -0.1) is 3.89 Å². The van der Waals surface area contributed by atoms with Crippen molar-refractivity contribution in [1.29, 1.82) is 0 Å². The molecule has 6 heteroatoms. The zero-order valence-electron chi connectivity index (χ0n) is 8.73. The molecule has 1 N–H and O–H groups in total. The van der Waals surface area contributed by atoms with Crippen LogP contribution in [0.25, 0.3) is 0 Å². The van der Waals surface area contributed by atoms with Crippen LogP contribution in [0.2, 0.25) is 0 Å². The highest BCUT2D eigenvalue weighted by atomic mass is 32.2. The van der Waals surface area contributed by atoms with E-state index in [1.165, 1.54) is 0 Å². The minimum atomic E-state index is -1.06. The zero-order chi connectivity index (χ0) is 11.5. The molecule has 0 aromatic carbocycles. The van der Waals surface area contributed by atoms with Crippen LogP contribution in [-0.4, -0.2) is 20.3 Å². The number of nitrogens with zero attached hydrogens (tertiary/aromatic N) is 2. The number of aromatic nitrogens is 2. The molecule has 2 aliphatic carbocycles. The van der Waals surface area contributed by atoms with Gasteiger partial charge in [0.05, 0.1) is 5.69 Å². The molecule has 1 aromatic rings. The predicted molar refractivity (Wildman–Crippen MR) is 56.9 cm³/mol.